The van der Waals surface area contributed by atoms with Gasteiger partial charge in [0.15, 0.2) is 0 Å². The molecule has 0 aromatic heterocycles. The van der Waals surface area contributed by atoms with Crippen LogP contribution in [0.3, 0.4) is 0 Å². The standard InChI is InChI=1S/C14H26N2O2S/c1-13-7-5-6-12-16(13)19(17,18)15-11-10-14-8-3-2-4-9-14/h8,13,15H,2-7,9-12H2,1H3/t13-/m0/s1. The van der Waals surface area contributed by atoms with E-state index >= 15 is 0 Å². The van der Waals surface area contributed by atoms with Crippen molar-refractivity contribution in [3.05, 3.63) is 11.6 Å². The fourth-order valence-electron chi connectivity index (χ4n) is 2.98. The molecule has 1 N–H and O–H groups in total. The Kier molecular flexibility index (Phi) is 5.42. The van der Waals surface area contributed by atoms with Crippen LogP contribution in [0.2, 0.25) is 0 Å². The van der Waals surface area contributed by atoms with Gasteiger partial charge in [-0.3, -0.25) is 0 Å². The van der Waals surface area contributed by atoms with Crippen molar-refractivity contribution in [2.75, 3.05) is 13.1 Å². The Morgan fingerprint density at radius 2 is 2.16 bits per heavy atom. The van der Waals surface area contributed by atoms with Gasteiger partial charge in [-0.1, -0.05) is 18.1 Å². The van der Waals surface area contributed by atoms with E-state index in [-0.39, 0.29) is 6.04 Å². The zero-order chi connectivity index (χ0) is 13.7. The molecule has 110 valence electrons. The first kappa shape index (κ1) is 15.0. The number of rotatable bonds is 5. The molecule has 5 heteroatoms. The second-order valence-electron chi connectivity index (χ2n) is 5.71. The second kappa shape index (κ2) is 6.86. The number of allylic oxidation sites excluding steroid dienone is 1. The molecule has 1 saturated heterocycles. The van der Waals surface area contributed by atoms with Gasteiger partial charge in [0, 0.05) is 19.1 Å². The maximum absolute atomic E-state index is 12.2. The van der Waals surface area contributed by atoms with Crippen LogP contribution in [0.25, 0.3) is 0 Å². The van der Waals surface area contributed by atoms with Crippen LogP contribution in [0.15, 0.2) is 11.6 Å². The van der Waals surface area contributed by atoms with E-state index in [0.29, 0.717) is 13.1 Å². The van der Waals surface area contributed by atoms with Crippen molar-refractivity contribution >= 4 is 10.2 Å². The third-order valence-electron chi connectivity index (χ3n) is 4.17. The lowest BCUT2D eigenvalue weighted by atomic mass is 9.97. The van der Waals surface area contributed by atoms with Gasteiger partial charge in [-0.15, -0.1) is 0 Å². The number of piperidine rings is 1. The maximum atomic E-state index is 12.2. The molecule has 0 unspecified atom stereocenters. The van der Waals surface area contributed by atoms with E-state index in [1.807, 2.05) is 6.92 Å². The van der Waals surface area contributed by atoms with Gasteiger partial charge in [0.25, 0.3) is 10.2 Å². The molecule has 1 aliphatic carbocycles. The predicted molar refractivity (Wildman–Crippen MR) is 78.1 cm³/mol. The normalized spacial score (nSPS) is 26.2. The SMILES string of the molecule is C[C@H]1CCCCN1S(=O)(=O)NCCC1=CCCCC1. The Bertz CT molecular complexity index is 417. The maximum Gasteiger partial charge on any atom is 0.279 e. The van der Waals surface area contributed by atoms with Crippen LogP contribution in [-0.2, 0) is 10.2 Å². The van der Waals surface area contributed by atoms with Crippen molar-refractivity contribution in [2.45, 2.75) is 64.3 Å². The molecule has 19 heavy (non-hydrogen) atoms. The van der Waals surface area contributed by atoms with Crippen LogP contribution in [0.4, 0.5) is 0 Å². The Balaban J connectivity index is 1.81. The summed E-state index contributed by atoms with van der Waals surface area (Å²) >= 11 is 0. The highest BCUT2D eigenvalue weighted by atomic mass is 32.2. The van der Waals surface area contributed by atoms with E-state index in [2.05, 4.69) is 10.8 Å². The average molecular weight is 286 g/mol. The zero-order valence-corrected chi connectivity index (χ0v) is 12.7. The summed E-state index contributed by atoms with van der Waals surface area (Å²) in [7, 11) is -3.28. The molecule has 0 aromatic carbocycles. The molecule has 1 atom stereocenters. The summed E-state index contributed by atoms with van der Waals surface area (Å²) in [6.07, 6.45) is 11.1. The fourth-order valence-corrected chi connectivity index (χ4v) is 4.46. The van der Waals surface area contributed by atoms with Gasteiger partial charge in [-0.05, 0) is 51.9 Å². The van der Waals surface area contributed by atoms with E-state index in [4.69, 9.17) is 0 Å². The lowest BCUT2D eigenvalue weighted by Gasteiger charge is -2.32. The number of hydrogen-bond donors (Lipinski definition) is 1. The third-order valence-corrected chi connectivity index (χ3v) is 5.90. The van der Waals surface area contributed by atoms with E-state index in [9.17, 15) is 8.42 Å². The van der Waals surface area contributed by atoms with Crippen molar-refractivity contribution in [1.29, 1.82) is 0 Å². The van der Waals surface area contributed by atoms with E-state index in [1.165, 1.54) is 18.4 Å². The number of hydrogen-bond acceptors (Lipinski definition) is 2. The van der Waals surface area contributed by atoms with Crippen LogP contribution in [0, 0.1) is 0 Å². The minimum Gasteiger partial charge on any atom is -0.202 e. The minimum atomic E-state index is -3.28. The van der Waals surface area contributed by atoms with Crippen LogP contribution in [0.5, 0.6) is 0 Å². The molecule has 1 fully saturated rings. The van der Waals surface area contributed by atoms with Crippen molar-refractivity contribution in [1.82, 2.24) is 9.03 Å². The first-order chi connectivity index (χ1) is 9.09. The smallest absolute Gasteiger partial charge is 0.202 e. The second-order valence-corrected chi connectivity index (χ2v) is 7.42. The van der Waals surface area contributed by atoms with Gasteiger partial charge in [0.1, 0.15) is 0 Å². The molecule has 0 radical (unpaired) electrons. The molecule has 0 spiro atoms. The fraction of sp³-hybridized carbons (Fsp3) is 0.857. The summed E-state index contributed by atoms with van der Waals surface area (Å²) in [5.41, 5.74) is 1.42. The first-order valence-electron chi connectivity index (χ1n) is 7.54. The summed E-state index contributed by atoms with van der Waals surface area (Å²) in [5, 5.41) is 0. The molecule has 0 aromatic rings. The molecule has 2 aliphatic rings. The Morgan fingerprint density at radius 3 is 2.84 bits per heavy atom. The zero-order valence-electron chi connectivity index (χ0n) is 11.9. The van der Waals surface area contributed by atoms with E-state index in [0.717, 1.165) is 38.5 Å². The lowest BCUT2D eigenvalue weighted by Crippen LogP contribution is -2.48. The largest absolute Gasteiger partial charge is 0.279 e. The van der Waals surface area contributed by atoms with Gasteiger partial charge >= 0.3 is 0 Å². The third kappa shape index (κ3) is 4.29. The van der Waals surface area contributed by atoms with Gasteiger partial charge < -0.3 is 0 Å². The van der Waals surface area contributed by atoms with Crippen LogP contribution in [-0.4, -0.2) is 31.9 Å². The Labute approximate surface area is 117 Å². The van der Waals surface area contributed by atoms with Gasteiger partial charge in [0.2, 0.25) is 0 Å². The van der Waals surface area contributed by atoms with Gasteiger partial charge in [-0.2, -0.15) is 12.7 Å². The van der Waals surface area contributed by atoms with Crippen molar-refractivity contribution in [3.8, 4) is 0 Å². The molecule has 4 nitrogen and oxygen atoms in total. The molecule has 2 rings (SSSR count). The molecule has 0 bridgehead atoms. The van der Waals surface area contributed by atoms with Crippen molar-refractivity contribution in [2.24, 2.45) is 0 Å². The monoisotopic (exact) mass is 286 g/mol. The molecular weight excluding hydrogens is 260 g/mol. The predicted octanol–water partition coefficient (Wildman–Crippen LogP) is 2.59. The lowest BCUT2D eigenvalue weighted by molar-refractivity contribution is 0.265. The van der Waals surface area contributed by atoms with Crippen LogP contribution < -0.4 is 4.72 Å². The molecular formula is C14H26N2O2S. The summed E-state index contributed by atoms with van der Waals surface area (Å²) in [6.45, 7) is 3.21. The van der Waals surface area contributed by atoms with Gasteiger partial charge in [0.05, 0.1) is 0 Å². The van der Waals surface area contributed by atoms with Gasteiger partial charge in [-0.25, -0.2) is 4.72 Å². The minimum absolute atomic E-state index is 0.139. The van der Waals surface area contributed by atoms with E-state index in [1.54, 1.807) is 4.31 Å². The van der Waals surface area contributed by atoms with Crippen molar-refractivity contribution in [3.63, 3.8) is 0 Å². The van der Waals surface area contributed by atoms with Crippen molar-refractivity contribution < 1.29 is 8.42 Å². The van der Waals surface area contributed by atoms with E-state index < -0.39 is 10.2 Å². The molecule has 1 aliphatic heterocycles. The Morgan fingerprint density at radius 1 is 1.32 bits per heavy atom. The summed E-state index contributed by atoms with van der Waals surface area (Å²) in [4.78, 5) is 0. The number of nitrogens with zero attached hydrogens (tertiary/aromatic N) is 1. The first-order valence-corrected chi connectivity index (χ1v) is 8.98. The average Bonchev–Trinajstić information content (AvgIpc) is 2.40. The summed E-state index contributed by atoms with van der Waals surface area (Å²) in [5.74, 6) is 0. The quantitative estimate of drug-likeness (QED) is 0.790. The van der Waals surface area contributed by atoms with Crippen LogP contribution >= 0.6 is 0 Å². The summed E-state index contributed by atoms with van der Waals surface area (Å²) < 4.78 is 28.9. The van der Waals surface area contributed by atoms with Crippen LogP contribution in [0.1, 0.15) is 58.3 Å². The highest BCUT2D eigenvalue weighted by Gasteiger charge is 2.28. The molecule has 0 amide bonds. The molecule has 1 heterocycles. The Hall–Kier alpha value is -0.390. The number of nitrogens with one attached hydrogen (secondary N) is 1. The topological polar surface area (TPSA) is 49.4 Å². The summed E-state index contributed by atoms with van der Waals surface area (Å²) in [6, 6.07) is 0.139. The highest BCUT2D eigenvalue weighted by Crippen LogP contribution is 2.21. The highest BCUT2D eigenvalue weighted by molar-refractivity contribution is 7.87. The molecule has 0 saturated carbocycles.